The summed E-state index contributed by atoms with van der Waals surface area (Å²) in [5.41, 5.74) is 0.497. The Morgan fingerprint density at radius 3 is 2.24 bits per heavy atom. The fraction of sp³-hybridized carbons (Fsp3) is 0.300. The van der Waals surface area contributed by atoms with Crippen molar-refractivity contribution in [2.45, 2.75) is 0 Å². The van der Waals surface area contributed by atoms with E-state index in [9.17, 15) is 10.4 Å². The highest BCUT2D eigenvalue weighted by atomic mass is 16.6. The minimum absolute atomic E-state index is 0.224. The topological polar surface area (TPSA) is 79.8 Å². The average molecular weight is 240 g/mol. The molecule has 0 radical (unpaired) electrons. The number of nitrogens with zero attached hydrogens (tertiary/aromatic N) is 2. The lowest BCUT2D eigenvalue weighted by Gasteiger charge is -2.06. The van der Waals surface area contributed by atoms with Crippen molar-refractivity contribution in [2.24, 2.45) is 0 Å². The summed E-state index contributed by atoms with van der Waals surface area (Å²) in [5.74, 6) is 0.814. The molecule has 0 saturated carbocycles. The molecule has 2 aromatic rings. The number of methoxy groups -OCH3 is 3. The van der Waals surface area contributed by atoms with Gasteiger partial charge in [-0.3, -0.25) is 0 Å². The Morgan fingerprint density at radius 1 is 1.12 bits per heavy atom. The number of imidazole rings is 1. The molecular weight excluding hydrogens is 228 g/mol. The van der Waals surface area contributed by atoms with Crippen molar-refractivity contribution in [2.75, 3.05) is 21.3 Å². The van der Waals surface area contributed by atoms with Crippen LogP contribution in [0.1, 0.15) is 0 Å². The highest BCUT2D eigenvalue weighted by Gasteiger charge is 2.24. The van der Waals surface area contributed by atoms with Crippen LogP contribution in [0.25, 0.3) is 11.0 Å². The molecule has 0 unspecified atom stereocenters. The zero-order valence-electron chi connectivity index (χ0n) is 9.63. The Labute approximate surface area is 96.9 Å². The second kappa shape index (κ2) is 3.93. The zero-order chi connectivity index (χ0) is 12.6. The first kappa shape index (κ1) is 11.2. The Morgan fingerprint density at radius 2 is 1.71 bits per heavy atom. The molecule has 2 rings (SSSR count). The van der Waals surface area contributed by atoms with Crippen LogP contribution in [0.5, 0.6) is 17.5 Å². The van der Waals surface area contributed by atoms with Crippen LogP contribution in [-0.2, 0) is 0 Å². The summed E-state index contributed by atoms with van der Waals surface area (Å²) < 4.78 is 16.1. The lowest BCUT2D eigenvalue weighted by atomic mass is 10.2. The maximum Gasteiger partial charge on any atom is 0.500 e. The van der Waals surface area contributed by atoms with Gasteiger partial charge in [0.05, 0.1) is 21.3 Å². The highest BCUT2D eigenvalue weighted by Crippen LogP contribution is 2.32. The maximum atomic E-state index is 11.8. The molecule has 1 heterocycles. The van der Waals surface area contributed by atoms with Crippen molar-refractivity contribution in [3.8, 4) is 17.5 Å². The number of benzene rings is 1. The number of ether oxygens (including phenoxy) is 3. The molecule has 0 aliphatic carbocycles. The standard InChI is InChI=1S/C10H12N2O5/c1-15-8-4-6-7(5-9(8)16-2)12(14)10(17-3)11(6)13/h4-5,13H,1-3H3. The molecule has 0 atom stereocenters. The van der Waals surface area contributed by atoms with Gasteiger partial charge in [-0.1, -0.05) is 0 Å². The van der Waals surface area contributed by atoms with Crippen molar-refractivity contribution in [3.63, 3.8) is 0 Å². The van der Waals surface area contributed by atoms with Gasteiger partial charge in [0.25, 0.3) is 0 Å². The van der Waals surface area contributed by atoms with Crippen LogP contribution in [0.3, 0.4) is 0 Å². The van der Waals surface area contributed by atoms with E-state index >= 15 is 0 Å². The van der Waals surface area contributed by atoms with Crippen molar-refractivity contribution >= 4 is 11.0 Å². The molecule has 17 heavy (non-hydrogen) atoms. The van der Waals surface area contributed by atoms with Gasteiger partial charge in [0.2, 0.25) is 5.52 Å². The van der Waals surface area contributed by atoms with E-state index in [0.717, 1.165) is 0 Å². The number of hydrogen-bond donors (Lipinski definition) is 1. The van der Waals surface area contributed by atoms with E-state index in [0.29, 0.717) is 21.0 Å². The molecule has 0 bridgehead atoms. The van der Waals surface area contributed by atoms with Gasteiger partial charge in [-0.15, -0.1) is 0 Å². The van der Waals surface area contributed by atoms with E-state index in [4.69, 9.17) is 14.2 Å². The van der Waals surface area contributed by atoms with Gasteiger partial charge in [0, 0.05) is 12.1 Å². The molecule has 1 N–H and O–H groups in total. The fourth-order valence-corrected chi connectivity index (χ4v) is 1.65. The predicted molar refractivity (Wildman–Crippen MR) is 57.7 cm³/mol. The molecule has 0 aliphatic heterocycles. The second-order valence-corrected chi connectivity index (χ2v) is 3.29. The van der Waals surface area contributed by atoms with Gasteiger partial charge in [-0.05, 0) is 4.73 Å². The zero-order valence-corrected chi connectivity index (χ0v) is 9.63. The molecule has 7 nitrogen and oxygen atoms in total. The highest BCUT2D eigenvalue weighted by molar-refractivity contribution is 5.77. The van der Waals surface area contributed by atoms with Gasteiger partial charge in [-0.2, -0.15) is 4.73 Å². The van der Waals surface area contributed by atoms with E-state index in [1.165, 1.54) is 33.5 Å². The molecule has 0 amide bonds. The summed E-state index contributed by atoms with van der Waals surface area (Å²) in [6.45, 7) is 0. The van der Waals surface area contributed by atoms with Gasteiger partial charge < -0.3 is 24.6 Å². The molecular formula is C10H12N2O5. The van der Waals surface area contributed by atoms with Gasteiger partial charge in [0.15, 0.2) is 17.0 Å². The number of rotatable bonds is 3. The number of fused-ring (bicyclic) bond motifs is 1. The van der Waals surface area contributed by atoms with E-state index in [1.54, 1.807) is 0 Å². The minimum Gasteiger partial charge on any atom is -0.708 e. The number of aromatic nitrogens is 2. The fourth-order valence-electron chi connectivity index (χ4n) is 1.65. The quantitative estimate of drug-likeness (QED) is 0.481. The summed E-state index contributed by atoms with van der Waals surface area (Å²) >= 11 is 0. The smallest absolute Gasteiger partial charge is 0.500 e. The van der Waals surface area contributed by atoms with Gasteiger partial charge >= 0.3 is 6.01 Å². The molecule has 0 saturated heterocycles. The summed E-state index contributed by atoms with van der Waals surface area (Å²) in [6.07, 6.45) is 0. The second-order valence-electron chi connectivity index (χ2n) is 3.29. The van der Waals surface area contributed by atoms with Crippen LogP contribution in [0.15, 0.2) is 12.1 Å². The van der Waals surface area contributed by atoms with Crippen molar-refractivity contribution < 1.29 is 24.1 Å². The summed E-state index contributed by atoms with van der Waals surface area (Å²) in [5, 5.41) is 21.5. The van der Waals surface area contributed by atoms with E-state index in [-0.39, 0.29) is 17.0 Å². The third-order valence-electron chi connectivity index (χ3n) is 2.47. The third kappa shape index (κ3) is 1.47. The van der Waals surface area contributed by atoms with Crippen molar-refractivity contribution in [1.29, 1.82) is 0 Å². The van der Waals surface area contributed by atoms with Crippen LogP contribution in [0.2, 0.25) is 0 Å². The van der Waals surface area contributed by atoms with Crippen LogP contribution in [0, 0.1) is 5.21 Å². The SMILES string of the molecule is COc1cc2c(cc1OC)[n+]([O-])c(OC)n2O. The molecule has 92 valence electrons. The third-order valence-corrected chi connectivity index (χ3v) is 2.47. The van der Waals surface area contributed by atoms with E-state index in [1.807, 2.05) is 0 Å². The van der Waals surface area contributed by atoms with Crippen molar-refractivity contribution in [1.82, 2.24) is 4.73 Å². The summed E-state index contributed by atoms with van der Waals surface area (Å²) in [7, 11) is 4.23. The van der Waals surface area contributed by atoms with Crippen LogP contribution in [0.4, 0.5) is 0 Å². The molecule has 0 aliphatic rings. The maximum absolute atomic E-state index is 11.8. The average Bonchev–Trinajstić information content (AvgIpc) is 2.59. The van der Waals surface area contributed by atoms with Crippen molar-refractivity contribution in [3.05, 3.63) is 17.3 Å². The van der Waals surface area contributed by atoms with Crippen LogP contribution < -0.4 is 18.9 Å². The lowest BCUT2D eigenvalue weighted by molar-refractivity contribution is -0.587. The Hall–Kier alpha value is -2.31. The molecule has 7 heteroatoms. The minimum atomic E-state index is -0.227. The lowest BCUT2D eigenvalue weighted by Crippen LogP contribution is -2.27. The molecule has 0 fully saturated rings. The van der Waals surface area contributed by atoms with E-state index < -0.39 is 0 Å². The predicted octanol–water partition coefficient (Wildman–Crippen LogP) is 0.538. The Bertz CT molecular complexity index is 517. The van der Waals surface area contributed by atoms with Crippen LogP contribution >= 0.6 is 0 Å². The first-order valence-corrected chi connectivity index (χ1v) is 4.77. The normalized spacial score (nSPS) is 10.5. The number of hydrogen-bond acceptors (Lipinski definition) is 5. The Kier molecular flexibility index (Phi) is 2.58. The van der Waals surface area contributed by atoms with Gasteiger partial charge in [-0.25, -0.2) is 0 Å². The molecule has 1 aromatic carbocycles. The first-order chi connectivity index (χ1) is 8.13. The molecule has 1 aromatic heterocycles. The monoisotopic (exact) mass is 240 g/mol. The molecule has 0 spiro atoms. The first-order valence-electron chi connectivity index (χ1n) is 4.77. The summed E-state index contributed by atoms with van der Waals surface area (Å²) in [6, 6.07) is 2.73. The van der Waals surface area contributed by atoms with E-state index in [2.05, 4.69) is 0 Å². The van der Waals surface area contributed by atoms with Gasteiger partial charge in [0.1, 0.15) is 0 Å². The summed E-state index contributed by atoms with van der Waals surface area (Å²) in [4.78, 5) is 0. The largest absolute Gasteiger partial charge is 0.708 e. The van der Waals surface area contributed by atoms with Crippen LogP contribution in [-0.4, -0.2) is 31.3 Å². The Balaban J connectivity index is 2.81.